The number of likely N-dealkylation sites (tertiary alicyclic amines) is 1. The molecular weight excluding hydrogens is 371 g/mol. The normalized spacial score (nSPS) is 17.6. The molecule has 0 amide bonds. The summed E-state index contributed by atoms with van der Waals surface area (Å²) in [5.74, 6) is 1.26. The highest BCUT2D eigenvalue weighted by molar-refractivity contribution is 5.43. The number of methoxy groups -OCH3 is 1. The number of rotatable bonds is 8. The molecule has 1 saturated heterocycles. The van der Waals surface area contributed by atoms with Gasteiger partial charge in [0.1, 0.15) is 6.61 Å². The Bertz CT molecular complexity index is 756. The van der Waals surface area contributed by atoms with Gasteiger partial charge in [0, 0.05) is 38.1 Å². The summed E-state index contributed by atoms with van der Waals surface area (Å²) in [6, 6.07) is 9.48. The predicted octanol–water partition coefficient (Wildman–Crippen LogP) is 3.40. The Morgan fingerprint density at radius 1 is 1.14 bits per heavy atom. The largest absolute Gasteiger partial charge is 0.493 e. The van der Waals surface area contributed by atoms with E-state index < -0.39 is 12.7 Å². The van der Waals surface area contributed by atoms with Gasteiger partial charge < -0.3 is 14.8 Å². The van der Waals surface area contributed by atoms with E-state index in [0.29, 0.717) is 44.2 Å². The monoisotopic (exact) mass is 395 g/mol. The zero-order chi connectivity index (χ0) is 20.0. The van der Waals surface area contributed by atoms with Gasteiger partial charge in [-0.25, -0.2) is 0 Å². The predicted molar refractivity (Wildman–Crippen MR) is 99.3 cm³/mol. The fourth-order valence-electron chi connectivity index (χ4n) is 3.24. The lowest BCUT2D eigenvalue weighted by Gasteiger charge is -2.18. The number of halogens is 3. The van der Waals surface area contributed by atoms with E-state index in [1.807, 2.05) is 30.3 Å². The molecule has 1 aromatic heterocycles. The molecule has 28 heavy (non-hydrogen) atoms. The van der Waals surface area contributed by atoms with Crippen LogP contribution in [0.2, 0.25) is 0 Å². The Morgan fingerprint density at radius 2 is 1.93 bits per heavy atom. The topological polar surface area (TPSA) is 46.6 Å². The Hall–Kier alpha value is -2.32. The fraction of sp³-hybridized carbons (Fsp3) is 0.450. The third kappa shape index (κ3) is 6.10. The molecule has 1 aliphatic heterocycles. The zero-order valence-corrected chi connectivity index (χ0v) is 15.7. The van der Waals surface area contributed by atoms with Crippen molar-refractivity contribution in [1.29, 1.82) is 0 Å². The summed E-state index contributed by atoms with van der Waals surface area (Å²) >= 11 is 0. The lowest BCUT2D eigenvalue weighted by molar-refractivity contribution is -0.143. The van der Waals surface area contributed by atoms with E-state index in [0.717, 1.165) is 11.1 Å². The summed E-state index contributed by atoms with van der Waals surface area (Å²) in [6.45, 7) is 0.994. The summed E-state index contributed by atoms with van der Waals surface area (Å²) in [4.78, 5) is 5.41. The lowest BCUT2D eigenvalue weighted by Crippen LogP contribution is -2.36. The molecule has 1 N–H and O–H groups in total. The van der Waals surface area contributed by atoms with Crippen LogP contribution in [0.4, 0.5) is 13.2 Å². The van der Waals surface area contributed by atoms with Gasteiger partial charge >= 0.3 is 6.18 Å². The summed E-state index contributed by atoms with van der Waals surface area (Å²) in [6.07, 6.45) is -0.0121. The van der Waals surface area contributed by atoms with Gasteiger partial charge in [0.2, 0.25) is 0 Å². The molecule has 5 nitrogen and oxygen atoms in total. The average molecular weight is 395 g/mol. The van der Waals surface area contributed by atoms with Gasteiger partial charge in [0.15, 0.2) is 11.5 Å². The second kappa shape index (κ2) is 9.25. The maximum absolute atomic E-state index is 12.5. The number of alkyl halides is 3. The standard InChI is InChI=1S/C20H24F3N3O2/c1-27-19-10-16(2-3-18(19)28-13-15-4-7-24-8-5-15)11-25-17-6-9-26(12-17)14-20(21,22)23/h2-5,7-8,10,17,25H,6,9,11-14H2,1H3/t17-/m1/s1. The Balaban J connectivity index is 1.51. The van der Waals surface area contributed by atoms with E-state index in [1.165, 1.54) is 4.90 Å². The molecule has 152 valence electrons. The van der Waals surface area contributed by atoms with Crippen molar-refractivity contribution >= 4 is 0 Å². The number of nitrogens with one attached hydrogen (secondary N) is 1. The highest BCUT2D eigenvalue weighted by Gasteiger charge is 2.34. The van der Waals surface area contributed by atoms with Crippen molar-refractivity contribution < 1.29 is 22.6 Å². The molecule has 2 aromatic rings. The van der Waals surface area contributed by atoms with E-state index in [-0.39, 0.29) is 6.04 Å². The third-order valence-electron chi connectivity index (χ3n) is 4.64. The van der Waals surface area contributed by atoms with Gasteiger partial charge in [0.05, 0.1) is 13.7 Å². The summed E-state index contributed by atoms with van der Waals surface area (Å²) in [5.41, 5.74) is 2.00. The highest BCUT2D eigenvalue weighted by Crippen LogP contribution is 2.29. The average Bonchev–Trinajstić information content (AvgIpc) is 3.11. The van der Waals surface area contributed by atoms with Gasteiger partial charge in [-0.05, 0) is 41.8 Å². The maximum Gasteiger partial charge on any atom is 0.401 e. The van der Waals surface area contributed by atoms with Crippen molar-refractivity contribution in [2.45, 2.75) is 31.8 Å². The van der Waals surface area contributed by atoms with Gasteiger partial charge in [-0.2, -0.15) is 13.2 Å². The minimum absolute atomic E-state index is 0.0518. The fourth-order valence-corrected chi connectivity index (χ4v) is 3.24. The molecule has 0 unspecified atom stereocenters. The number of nitrogens with zero attached hydrogens (tertiary/aromatic N) is 2. The second-order valence-electron chi connectivity index (χ2n) is 6.85. The molecule has 0 aliphatic carbocycles. The first-order valence-corrected chi connectivity index (χ1v) is 9.14. The van der Waals surface area contributed by atoms with E-state index in [4.69, 9.17) is 9.47 Å². The number of hydrogen-bond acceptors (Lipinski definition) is 5. The van der Waals surface area contributed by atoms with Crippen LogP contribution in [0.1, 0.15) is 17.5 Å². The molecule has 3 rings (SSSR count). The SMILES string of the molecule is COc1cc(CN[C@@H]2CCN(CC(F)(F)F)C2)ccc1OCc1ccncc1. The summed E-state index contributed by atoms with van der Waals surface area (Å²) < 4.78 is 48.7. The van der Waals surface area contributed by atoms with E-state index in [1.54, 1.807) is 19.5 Å². The molecule has 0 radical (unpaired) electrons. The number of hydrogen-bond donors (Lipinski definition) is 1. The van der Waals surface area contributed by atoms with Gasteiger partial charge in [-0.15, -0.1) is 0 Å². The highest BCUT2D eigenvalue weighted by atomic mass is 19.4. The van der Waals surface area contributed by atoms with Crippen LogP contribution in [0, 0.1) is 0 Å². The van der Waals surface area contributed by atoms with Crippen molar-refractivity contribution in [3.8, 4) is 11.5 Å². The first-order chi connectivity index (χ1) is 13.4. The van der Waals surface area contributed by atoms with Crippen molar-refractivity contribution in [2.24, 2.45) is 0 Å². The second-order valence-corrected chi connectivity index (χ2v) is 6.85. The van der Waals surface area contributed by atoms with Crippen LogP contribution < -0.4 is 14.8 Å². The van der Waals surface area contributed by atoms with Gasteiger partial charge in [-0.1, -0.05) is 6.07 Å². The molecule has 2 heterocycles. The molecule has 8 heteroatoms. The van der Waals surface area contributed by atoms with Gasteiger partial charge in [-0.3, -0.25) is 9.88 Å². The zero-order valence-electron chi connectivity index (χ0n) is 15.7. The van der Waals surface area contributed by atoms with E-state index >= 15 is 0 Å². The molecule has 0 bridgehead atoms. The Kier molecular flexibility index (Phi) is 6.74. The van der Waals surface area contributed by atoms with Crippen LogP contribution in [0.3, 0.4) is 0 Å². The first-order valence-electron chi connectivity index (χ1n) is 9.14. The van der Waals surface area contributed by atoms with Crippen LogP contribution in [-0.4, -0.2) is 48.8 Å². The number of benzene rings is 1. The van der Waals surface area contributed by atoms with E-state index in [2.05, 4.69) is 10.3 Å². The van der Waals surface area contributed by atoms with Gasteiger partial charge in [0.25, 0.3) is 0 Å². The third-order valence-corrected chi connectivity index (χ3v) is 4.64. The minimum Gasteiger partial charge on any atom is -0.493 e. The van der Waals surface area contributed by atoms with Crippen LogP contribution in [0.25, 0.3) is 0 Å². The molecule has 1 fully saturated rings. The van der Waals surface area contributed by atoms with Crippen molar-refractivity contribution in [2.75, 3.05) is 26.7 Å². The molecular formula is C20H24F3N3O2. The summed E-state index contributed by atoms with van der Waals surface area (Å²) in [7, 11) is 1.58. The number of pyridine rings is 1. The van der Waals surface area contributed by atoms with Crippen molar-refractivity contribution in [1.82, 2.24) is 15.2 Å². The summed E-state index contributed by atoms with van der Waals surface area (Å²) in [5, 5.41) is 3.33. The quantitative estimate of drug-likeness (QED) is 0.743. The van der Waals surface area contributed by atoms with Crippen LogP contribution >= 0.6 is 0 Å². The molecule has 0 spiro atoms. The molecule has 1 aliphatic rings. The maximum atomic E-state index is 12.5. The van der Waals surface area contributed by atoms with Crippen LogP contribution in [-0.2, 0) is 13.2 Å². The number of aromatic nitrogens is 1. The smallest absolute Gasteiger partial charge is 0.401 e. The molecule has 1 aromatic carbocycles. The Labute approximate surface area is 162 Å². The van der Waals surface area contributed by atoms with E-state index in [9.17, 15) is 13.2 Å². The molecule has 0 saturated carbocycles. The minimum atomic E-state index is -4.14. The lowest BCUT2D eigenvalue weighted by atomic mass is 10.1. The Morgan fingerprint density at radius 3 is 2.64 bits per heavy atom. The van der Waals surface area contributed by atoms with Crippen LogP contribution in [0.15, 0.2) is 42.7 Å². The van der Waals surface area contributed by atoms with Crippen molar-refractivity contribution in [3.05, 3.63) is 53.9 Å². The van der Waals surface area contributed by atoms with Crippen LogP contribution in [0.5, 0.6) is 11.5 Å². The first kappa shape index (κ1) is 20.4. The number of ether oxygens (including phenoxy) is 2. The van der Waals surface area contributed by atoms with Crippen molar-refractivity contribution in [3.63, 3.8) is 0 Å². The molecule has 1 atom stereocenters.